The van der Waals surface area contributed by atoms with Crippen LogP contribution in [0.3, 0.4) is 0 Å². The number of nitrogens with zero attached hydrogens (tertiary/aromatic N) is 1. The van der Waals surface area contributed by atoms with E-state index in [4.69, 9.17) is 9.47 Å². The molecular weight excluding hydrogens is 400 g/mol. The third kappa shape index (κ3) is 7.77. The number of hydrogen-bond donors (Lipinski definition) is 1. The summed E-state index contributed by atoms with van der Waals surface area (Å²) in [6, 6.07) is 13.2. The molecule has 5 heteroatoms. The van der Waals surface area contributed by atoms with Crippen molar-refractivity contribution in [3.63, 3.8) is 0 Å². The first-order chi connectivity index (χ1) is 15.5. The van der Waals surface area contributed by atoms with Crippen molar-refractivity contribution < 1.29 is 14.3 Å². The second-order valence-electron chi connectivity index (χ2n) is 7.97. The smallest absolute Gasteiger partial charge is 0.266 e. The highest BCUT2D eigenvalue weighted by Crippen LogP contribution is 2.29. The summed E-state index contributed by atoms with van der Waals surface area (Å²) in [5, 5.41) is 12.3. The lowest BCUT2D eigenvalue weighted by molar-refractivity contribution is -0.112. The van der Waals surface area contributed by atoms with E-state index in [2.05, 4.69) is 12.2 Å². The van der Waals surface area contributed by atoms with Gasteiger partial charge >= 0.3 is 0 Å². The Kier molecular flexibility index (Phi) is 10.3. The summed E-state index contributed by atoms with van der Waals surface area (Å²) in [6.45, 7) is 6.77. The number of nitrogens with one attached hydrogen (secondary N) is 1. The fraction of sp³-hybridized carbons (Fsp3) is 0.407. The summed E-state index contributed by atoms with van der Waals surface area (Å²) < 4.78 is 11.3. The van der Waals surface area contributed by atoms with Crippen molar-refractivity contribution in [2.75, 3.05) is 19.0 Å². The van der Waals surface area contributed by atoms with Gasteiger partial charge in [-0.15, -0.1) is 0 Å². The molecule has 0 aliphatic rings. The quantitative estimate of drug-likeness (QED) is 0.232. The summed E-state index contributed by atoms with van der Waals surface area (Å²) >= 11 is 0. The van der Waals surface area contributed by atoms with Crippen LogP contribution >= 0.6 is 0 Å². The number of unbranched alkanes of at least 4 members (excludes halogenated alkanes) is 5. The Balaban J connectivity index is 2.02. The number of carbonyl (C=O) groups excluding carboxylic acids is 1. The van der Waals surface area contributed by atoms with Crippen LogP contribution in [0.4, 0.5) is 5.69 Å². The number of benzene rings is 2. The van der Waals surface area contributed by atoms with Crippen molar-refractivity contribution in [3.05, 3.63) is 58.7 Å². The van der Waals surface area contributed by atoms with Crippen molar-refractivity contribution in [2.45, 2.75) is 59.3 Å². The predicted octanol–water partition coefficient (Wildman–Crippen LogP) is 6.60. The lowest BCUT2D eigenvalue weighted by Gasteiger charge is -2.12. The number of nitriles is 1. The van der Waals surface area contributed by atoms with Gasteiger partial charge in [-0.1, -0.05) is 62.8 Å². The van der Waals surface area contributed by atoms with E-state index >= 15 is 0 Å². The van der Waals surface area contributed by atoms with Gasteiger partial charge in [0.05, 0.1) is 13.7 Å². The Morgan fingerprint density at radius 1 is 1.03 bits per heavy atom. The number of methoxy groups -OCH3 is 1. The third-order valence-electron chi connectivity index (χ3n) is 5.25. The molecule has 0 fully saturated rings. The fourth-order valence-electron chi connectivity index (χ4n) is 3.42. The van der Waals surface area contributed by atoms with Gasteiger partial charge < -0.3 is 14.8 Å². The second kappa shape index (κ2) is 13.2. The maximum absolute atomic E-state index is 12.6. The molecule has 0 radical (unpaired) electrons. The molecule has 0 saturated carbocycles. The highest BCUT2D eigenvalue weighted by Gasteiger charge is 2.12. The van der Waals surface area contributed by atoms with Gasteiger partial charge in [0, 0.05) is 5.69 Å². The highest BCUT2D eigenvalue weighted by molar-refractivity contribution is 6.10. The van der Waals surface area contributed by atoms with Gasteiger partial charge in [-0.2, -0.15) is 5.26 Å². The van der Waals surface area contributed by atoms with Crippen LogP contribution in [0.1, 0.15) is 62.1 Å². The average molecular weight is 435 g/mol. The summed E-state index contributed by atoms with van der Waals surface area (Å²) in [7, 11) is 1.58. The molecule has 2 rings (SSSR count). The SMILES string of the molecule is CCCCCCCCOc1ccc(/C=C(\C#N)C(=O)Nc2ccc(C)cc2C)cc1OC. The van der Waals surface area contributed by atoms with E-state index in [9.17, 15) is 10.1 Å². The number of aryl methyl sites for hydroxylation is 2. The van der Waals surface area contributed by atoms with E-state index in [0.29, 0.717) is 29.4 Å². The lowest BCUT2D eigenvalue weighted by atomic mass is 10.1. The second-order valence-corrected chi connectivity index (χ2v) is 7.97. The largest absolute Gasteiger partial charge is 0.493 e. The molecule has 2 aromatic carbocycles. The number of rotatable bonds is 12. The molecule has 1 N–H and O–H groups in total. The zero-order valence-electron chi connectivity index (χ0n) is 19.7. The van der Waals surface area contributed by atoms with E-state index in [-0.39, 0.29) is 5.57 Å². The Morgan fingerprint density at radius 2 is 1.78 bits per heavy atom. The third-order valence-corrected chi connectivity index (χ3v) is 5.25. The van der Waals surface area contributed by atoms with Crippen LogP contribution in [-0.2, 0) is 4.79 Å². The first kappa shape index (κ1) is 25.0. The molecule has 0 aliphatic heterocycles. The highest BCUT2D eigenvalue weighted by atomic mass is 16.5. The molecule has 0 atom stereocenters. The molecule has 1 amide bonds. The molecule has 0 aromatic heterocycles. The van der Waals surface area contributed by atoms with Crippen molar-refractivity contribution in [1.82, 2.24) is 0 Å². The number of amides is 1. The van der Waals surface area contributed by atoms with Gasteiger partial charge in [-0.3, -0.25) is 4.79 Å². The van der Waals surface area contributed by atoms with Crippen LogP contribution in [0.2, 0.25) is 0 Å². The summed E-state index contributed by atoms with van der Waals surface area (Å²) in [5.74, 6) is 0.801. The fourth-order valence-corrected chi connectivity index (χ4v) is 3.42. The molecule has 0 heterocycles. The van der Waals surface area contributed by atoms with Gasteiger partial charge in [0.1, 0.15) is 11.6 Å². The van der Waals surface area contributed by atoms with E-state index in [0.717, 1.165) is 24.0 Å². The topological polar surface area (TPSA) is 71.3 Å². The normalized spacial score (nSPS) is 11.0. The van der Waals surface area contributed by atoms with Crippen LogP contribution in [-0.4, -0.2) is 19.6 Å². The van der Waals surface area contributed by atoms with Crippen molar-refractivity contribution in [1.29, 1.82) is 5.26 Å². The number of ether oxygens (including phenoxy) is 2. The average Bonchev–Trinajstić information content (AvgIpc) is 2.79. The molecule has 32 heavy (non-hydrogen) atoms. The maximum atomic E-state index is 12.6. The van der Waals surface area contributed by atoms with Gasteiger partial charge in [0.2, 0.25) is 0 Å². The van der Waals surface area contributed by atoms with Crippen LogP contribution in [0.5, 0.6) is 11.5 Å². The molecule has 0 aliphatic carbocycles. The van der Waals surface area contributed by atoms with Crippen LogP contribution in [0, 0.1) is 25.2 Å². The Labute approximate surface area is 192 Å². The Bertz CT molecular complexity index is 973. The first-order valence-electron chi connectivity index (χ1n) is 11.3. The molecule has 5 nitrogen and oxygen atoms in total. The number of hydrogen-bond acceptors (Lipinski definition) is 4. The lowest BCUT2D eigenvalue weighted by Crippen LogP contribution is -2.14. The zero-order chi connectivity index (χ0) is 23.3. The summed E-state index contributed by atoms with van der Waals surface area (Å²) in [4.78, 5) is 12.6. The number of carbonyl (C=O) groups is 1. The number of anilines is 1. The minimum atomic E-state index is -0.443. The minimum absolute atomic E-state index is 0.0211. The van der Waals surface area contributed by atoms with Gasteiger partial charge in [-0.25, -0.2) is 0 Å². The molecule has 0 bridgehead atoms. The van der Waals surface area contributed by atoms with Crippen molar-refractivity contribution in [2.24, 2.45) is 0 Å². The standard InChI is InChI=1S/C27H34N2O3/c1-5-6-7-8-9-10-15-32-25-14-12-22(18-26(25)31-4)17-23(19-28)27(30)29-24-13-11-20(2)16-21(24)3/h11-14,16-18H,5-10,15H2,1-4H3,(H,29,30)/b23-17+. The van der Waals surface area contributed by atoms with Gasteiger partial charge in [0.15, 0.2) is 11.5 Å². The zero-order valence-corrected chi connectivity index (χ0v) is 19.7. The monoisotopic (exact) mass is 434 g/mol. The first-order valence-corrected chi connectivity index (χ1v) is 11.3. The predicted molar refractivity (Wildman–Crippen MR) is 130 cm³/mol. The minimum Gasteiger partial charge on any atom is -0.493 e. The van der Waals surface area contributed by atoms with Gasteiger partial charge in [0.25, 0.3) is 5.91 Å². The van der Waals surface area contributed by atoms with E-state index in [1.54, 1.807) is 19.3 Å². The van der Waals surface area contributed by atoms with Crippen LogP contribution < -0.4 is 14.8 Å². The van der Waals surface area contributed by atoms with Crippen molar-refractivity contribution >= 4 is 17.7 Å². The molecular formula is C27H34N2O3. The van der Waals surface area contributed by atoms with Crippen LogP contribution in [0.25, 0.3) is 6.08 Å². The van der Waals surface area contributed by atoms with E-state index in [1.165, 1.54) is 25.7 Å². The molecule has 0 unspecified atom stereocenters. The molecule has 170 valence electrons. The van der Waals surface area contributed by atoms with Crippen LogP contribution in [0.15, 0.2) is 42.0 Å². The van der Waals surface area contributed by atoms with E-state index in [1.807, 2.05) is 50.2 Å². The van der Waals surface area contributed by atoms with E-state index < -0.39 is 5.91 Å². The molecule has 2 aromatic rings. The molecule has 0 spiro atoms. The Hall–Kier alpha value is -3.26. The maximum Gasteiger partial charge on any atom is 0.266 e. The van der Waals surface area contributed by atoms with Gasteiger partial charge in [-0.05, 0) is 55.7 Å². The molecule has 0 saturated heterocycles. The summed E-state index contributed by atoms with van der Waals surface area (Å²) in [6.07, 6.45) is 8.76. The summed E-state index contributed by atoms with van der Waals surface area (Å²) in [5.41, 5.74) is 3.47. The Morgan fingerprint density at radius 3 is 2.47 bits per heavy atom. The van der Waals surface area contributed by atoms with Crippen molar-refractivity contribution in [3.8, 4) is 17.6 Å².